The van der Waals surface area contributed by atoms with Crippen LogP contribution in [0.2, 0.25) is 0 Å². The van der Waals surface area contributed by atoms with Crippen molar-refractivity contribution in [2.45, 2.75) is 26.7 Å². The van der Waals surface area contributed by atoms with E-state index in [1.807, 2.05) is 74.5 Å². The Kier molecular flexibility index (Phi) is 5.59. The van der Waals surface area contributed by atoms with Crippen molar-refractivity contribution in [2.75, 3.05) is 10.6 Å². The molecule has 0 atom stereocenters. The highest BCUT2D eigenvalue weighted by Gasteiger charge is 2.05. The third-order valence-corrected chi connectivity index (χ3v) is 3.87. The van der Waals surface area contributed by atoms with E-state index in [-0.39, 0.29) is 5.91 Å². The molecule has 0 aliphatic heterocycles. The van der Waals surface area contributed by atoms with Crippen LogP contribution in [0.15, 0.2) is 60.7 Å². The highest BCUT2D eigenvalue weighted by Crippen LogP contribution is 2.19. The molecule has 0 saturated heterocycles. The van der Waals surface area contributed by atoms with Gasteiger partial charge in [-0.1, -0.05) is 36.4 Å². The van der Waals surface area contributed by atoms with Gasteiger partial charge in [0.1, 0.15) is 0 Å². The standard InChI is InChI=1S/C21H22N4O/c1-15-13-16(2)23-21(22-15)25-19-10-6-9-18(14-19)24-20(26)12-11-17-7-4-3-5-8-17/h3-10,13-14H,11-12H2,1-2H3,(H,24,26)(H,22,23,25). The molecule has 0 fully saturated rings. The minimum absolute atomic E-state index is 0.00588. The maximum atomic E-state index is 12.2. The smallest absolute Gasteiger partial charge is 0.227 e. The van der Waals surface area contributed by atoms with Gasteiger partial charge in [0.15, 0.2) is 0 Å². The van der Waals surface area contributed by atoms with Gasteiger partial charge in [-0.15, -0.1) is 0 Å². The summed E-state index contributed by atoms with van der Waals surface area (Å²) in [4.78, 5) is 20.9. The summed E-state index contributed by atoms with van der Waals surface area (Å²) in [5.74, 6) is 0.545. The van der Waals surface area contributed by atoms with Gasteiger partial charge >= 0.3 is 0 Å². The van der Waals surface area contributed by atoms with Crippen LogP contribution in [-0.4, -0.2) is 15.9 Å². The molecule has 0 aliphatic rings. The summed E-state index contributed by atoms with van der Waals surface area (Å²) in [5.41, 5.74) is 4.55. The van der Waals surface area contributed by atoms with E-state index in [2.05, 4.69) is 20.6 Å². The van der Waals surface area contributed by atoms with Gasteiger partial charge in [-0.25, -0.2) is 9.97 Å². The minimum atomic E-state index is -0.00588. The Bertz CT molecular complexity index is 873. The molecule has 2 N–H and O–H groups in total. The normalized spacial score (nSPS) is 10.4. The number of aromatic nitrogens is 2. The number of benzene rings is 2. The monoisotopic (exact) mass is 346 g/mol. The predicted octanol–water partition coefficient (Wildman–Crippen LogP) is 4.41. The highest BCUT2D eigenvalue weighted by atomic mass is 16.1. The van der Waals surface area contributed by atoms with Gasteiger partial charge in [-0.3, -0.25) is 4.79 Å². The summed E-state index contributed by atoms with van der Waals surface area (Å²) in [6, 6.07) is 19.5. The number of amides is 1. The molecule has 5 nitrogen and oxygen atoms in total. The Balaban J connectivity index is 1.60. The van der Waals surface area contributed by atoms with Crippen LogP contribution in [0, 0.1) is 13.8 Å². The van der Waals surface area contributed by atoms with E-state index in [0.29, 0.717) is 12.4 Å². The van der Waals surface area contributed by atoms with Crippen LogP contribution in [-0.2, 0) is 11.2 Å². The Morgan fingerprint density at radius 2 is 1.58 bits per heavy atom. The second kappa shape index (κ2) is 8.25. The Morgan fingerprint density at radius 3 is 2.31 bits per heavy atom. The van der Waals surface area contributed by atoms with Crippen LogP contribution in [0.5, 0.6) is 0 Å². The van der Waals surface area contributed by atoms with Gasteiger partial charge < -0.3 is 10.6 Å². The van der Waals surface area contributed by atoms with Gasteiger partial charge in [-0.2, -0.15) is 0 Å². The average molecular weight is 346 g/mol. The SMILES string of the molecule is Cc1cc(C)nc(Nc2cccc(NC(=O)CCc3ccccc3)c2)n1. The minimum Gasteiger partial charge on any atom is -0.326 e. The van der Waals surface area contributed by atoms with Crippen molar-refractivity contribution >= 4 is 23.2 Å². The van der Waals surface area contributed by atoms with Gasteiger partial charge in [0.05, 0.1) is 0 Å². The van der Waals surface area contributed by atoms with Crippen molar-refractivity contribution < 1.29 is 4.79 Å². The predicted molar refractivity (Wildman–Crippen MR) is 105 cm³/mol. The van der Waals surface area contributed by atoms with E-state index >= 15 is 0 Å². The van der Waals surface area contributed by atoms with Gasteiger partial charge in [-0.05, 0) is 50.1 Å². The summed E-state index contributed by atoms with van der Waals surface area (Å²) < 4.78 is 0. The molecule has 0 aliphatic carbocycles. The van der Waals surface area contributed by atoms with Crippen molar-refractivity contribution in [2.24, 2.45) is 0 Å². The molecule has 0 unspecified atom stereocenters. The Morgan fingerprint density at radius 1 is 0.885 bits per heavy atom. The zero-order chi connectivity index (χ0) is 18.4. The van der Waals surface area contributed by atoms with Crippen LogP contribution in [0.3, 0.4) is 0 Å². The lowest BCUT2D eigenvalue weighted by Gasteiger charge is -2.09. The summed E-state index contributed by atoms with van der Waals surface area (Å²) >= 11 is 0. The number of hydrogen-bond acceptors (Lipinski definition) is 4. The van der Waals surface area contributed by atoms with Crippen molar-refractivity contribution in [3.05, 3.63) is 77.6 Å². The molecule has 1 heterocycles. The van der Waals surface area contributed by atoms with Crippen molar-refractivity contribution in [1.29, 1.82) is 0 Å². The van der Waals surface area contributed by atoms with Crippen molar-refractivity contribution in [3.63, 3.8) is 0 Å². The largest absolute Gasteiger partial charge is 0.326 e. The first-order valence-electron chi connectivity index (χ1n) is 8.62. The van der Waals surface area contributed by atoms with E-state index < -0.39 is 0 Å². The lowest BCUT2D eigenvalue weighted by atomic mass is 10.1. The molecule has 2 aromatic carbocycles. The second-order valence-corrected chi connectivity index (χ2v) is 6.21. The van der Waals surface area contributed by atoms with E-state index in [9.17, 15) is 4.79 Å². The molecule has 26 heavy (non-hydrogen) atoms. The first-order valence-corrected chi connectivity index (χ1v) is 8.62. The number of carbonyl (C=O) groups excluding carboxylic acids is 1. The van der Waals surface area contributed by atoms with Crippen molar-refractivity contribution in [3.8, 4) is 0 Å². The molecule has 3 rings (SSSR count). The van der Waals surface area contributed by atoms with Crippen LogP contribution in [0.25, 0.3) is 0 Å². The molecule has 132 valence electrons. The number of anilines is 3. The van der Waals surface area contributed by atoms with Gasteiger partial charge in [0.2, 0.25) is 11.9 Å². The van der Waals surface area contributed by atoms with Gasteiger partial charge in [0, 0.05) is 29.2 Å². The molecular weight excluding hydrogens is 324 g/mol. The highest BCUT2D eigenvalue weighted by molar-refractivity contribution is 5.91. The maximum absolute atomic E-state index is 12.2. The molecule has 0 saturated carbocycles. The van der Waals surface area contributed by atoms with Crippen molar-refractivity contribution in [1.82, 2.24) is 9.97 Å². The van der Waals surface area contributed by atoms with E-state index in [1.54, 1.807) is 0 Å². The zero-order valence-electron chi connectivity index (χ0n) is 15.0. The number of rotatable bonds is 6. The third-order valence-electron chi connectivity index (χ3n) is 3.87. The Labute approximate surface area is 153 Å². The van der Waals surface area contributed by atoms with Crippen LogP contribution in [0.1, 0.15) is 23.4 Å². The van der Waals surface area contributed by atoms with E-state index in [4.69, 9.17) is 0 Å². The third kappa shape index (κ3) is 5.14. The second-order valence-electron chi connectivity index (χ2n) is 6.21. The molecule has 1 aromatic heterocycles. The number of carbonyl (C=O) groups is 1. The average Bonchev–Trinajstić information content (AvgIpc) is 2.60. The number of nitrogens with zero attached hydrogens (tertiary/aromatic N) is 2. The molecule has 3 aromatic rings. The van der Waals surface area contributed by atoms with Crippen LogP contribution < -0.4 is 10.6 Å². The molecule has 5 heteroatoms. The summed E-state index contributed by atoms with van der Waals surface area (Å²) in [6.45, 7) is 3.87. The Hall–Kier alpha value is -3.21. The molecule has 0 spiro atoms. The van der Waals surface area contributed by atoms with E-state index in [1.165, 1.54) is 0 Å². The molecule has 0 bridgehead atoms. The molecular formula is C21H22N4O. The number of nitrogens with one attached hydrogen (secondary N) is 2. The van der Waals surface area contributed by atoms with Crippen LogP contribution in [0.4, 0.5) is 17.3 Å². The quantitative estimate of drug-likeness (QED) is 0.694. The number of aryl methyl sites for hydroxylation is 3. The fourth-order valence-corrected chi connectivity index (χ4v) is 2.71. The fourth-order valence-electron chi connectivity index (χ4n) is 2.71. The first kappa shape index (κ1) is 17.6. The maximum Gasteiger partial charge on any atom is 0.227 e. The molecule has 1 amide bonds. The lowest BCUT2D eigenvalue weighted by molar-refractivity contribution is -0.116. The molecule has 0 radical (unpaired) electrons. The summed E-state index contributed by atoms with van der Waals surface area (Å²) in [5, 5.41) is 6.12. The fraction of sp³-hybridized carbons (Fsp3) is 0.190. The summed E-state index contributed by atoms with van der Waals surface area (Å²) in [6.07, 6.45) is 1.17. The summed E-state index contributed by atoms with van der Waals surface area (Å²) in [7, 11) is 0. The zero-order valence-corrected chi connectivity index (χ0v) is 15.0. The van der Waals surface area contributed by atoms with E-state index in [0.717, 1.165) is 34.7 Å². The van der Waals surface area contributed by atoms with Crippen LogP contribution >= 0.6 is 0 Å². The first-order chi connectivity index (χ1) is 12.6. The van der Waals surface area contributed by atoms with Gasteiger partial charge in [0.25, 0.3) is 0 Å². The lowest BCUT2D eigenvalue weighted by Crippen LogP contribution is -2.12. The number of hydrogen-bond donors (Lipinski definition) is 2. The topological polar surface area (TPSA) is 66.9 Å².